The summed E-state index contributed by atoms with van der Waals surface area (Å²) in [6.45, 7) is 7.87. The molecular formula is C16H28N2O3. The van der Waals surface area contributed by atoms with Gasteiger partial charge in [-0.3, -0.25) is 4.98 Å². The van der Waals surface area contributed by atoms with Crippen LogP contribution < -0.4 is 10.1 Å². The zero-order valence-electron chi connectivity index (χ0n) is 13.4. The van der Waals surface area contributed by atoms with Crippen LogP contribution in [0.5, 0.6) is 5.75 Å². The predicted molar refractivity (Wildman–Crippen MR) is 83.8 cm³/mol. The smallest absolute Gasteiger partial charge is 0.137 e. The summed E-state index contributed by atoms with van der Waals surface area (Å²) in [5.74, 6) is 0.804. The molecule has 0 aromatic carbocycles. The molecule has 0 saturated carbocycles. The number of hydrogen-bond acceptors (Lipinski definition) is 5. The van der Waals surface area contributed by atoms with Gasteiger partial charge in [-0.2, -0.15) is 0 Å². The van der Waals surface area contributed by atoms with Crippen molar-refractivity contribution in [2.45, 2.75) is 32.7 Å². The highest BCUT2D eigenvalue weighted by molar-refractivity contribution is 5.21. The zero-order chi connectivity index (χ0) is 15.3. The van der Waals surface area contributed by atoms with Crippen molar-refractivity contribution in [3.63, 3.8) is 0 Å². The third-order valence-corrected chi connectivity index (χ3v) is 3.04. The molecule has 0 aliphatic rings. The van der Waals surface area contributed by atoms with Crippen molar-refractivity contribution in [3.05, 3.63) is 24.0 Å². The second-order valence-corrected chi connectivity index (χ2v) is 4.90. The van der Waals surface area contributed by atoms with Crippen LogP contribution in [0.25, 0.3) is 0 Å². The van der Waals surface area contributed by atoms with E-state index in [4.69, 9.17) is 14.2 Å². The maximum absolute atomic E-state index is 5.63. The third-order valence-electron chi connectivity index (χ3n) is 3.04. The Labute approximate surface area is 128 Å². The first kappa shape index (κ1) is 17.9. The molecular weight excluding hydrogens is 268 g/mol. The Bertz CT molecular complexity index is 357. The first-order valence-electron chi connectivity index (χ1n) is 7.66. The molecule has 1 heterocycles. The van der Waals surface area contributed by atoms with E-state index in [0.29, 0.717) is 26.4 Å². The molecule has 1 rings (SSSR count). The van der Waals surface area contributed by atoms with Crippen molar-refractivity contribution in [2.24, 2.45) is 0 Å². The fraction of sp³-hybridized carbons (Fsp3) is 0.688. The molecule has 1 N–H and O–H groups in total. The number of ether oxygens (including phenoxy) is 3. The average molecular weight is 296 g/mol. The van der Waals surface area contributed by atoms with E-state index < -0.39 is 0 Å². The largest absolute Gasteiger partial charge is 0.492 e. The van der Waals surface area contributed by atoms with Crippen molar-refractivity contribution >= 4 is 0 Å². The average Bonchev–Trinajstić information content (AvgIpc) is 2.52. The van der Waals surface area contributed by atoms with Crippen molar-refractivity contribution in [3.8, 4) is 5.75 Å². The third kappa shape index (κ3) is 7.99. The Morgan fingerprint density at radius 2 is 2.05 bits per heavy atom. The molecule has 0 fully saturated rings. The van der Waals surface area contributed by atoms with Gasteiger partial charge in [0.15, 0.2) is 0 Å². The van der Waals surface area contributed by atoms with Gasteiger partial charge in [-0.15, -0.1) is 0 Å². The fourth-order valence-corrected chi connectivity index (χ4v) is 1.79. The van der Waals surface area contributed by atoms with Crippen LogP contribution in [0.2, 0.25) is 0 Å². The molecule has 1 unspecified atom stereocenters. The number of nitrogens with zero attached hydrogens (tertiary/aromatic N) is 1. The van der Waals surface area contributed by atoms with E-state index in [1.165, 1.54) is 0 Å². The lowest BCUT2D eigenvalue weighted by molar-refractivity contribution is 0.0644. The fourth-order valence-electron chi connectivity index (χ4n) is 1.79. The number of aromatic nitrogens is 1. The maximum atomic E-state index is 5.63. The van der Waals surface area contributed by atoms with Gasteiger partial charge >= 0.3 is 0 Å². The van der Waals surface area contributed by atoms with E-state index >= 15 is 0 Å². The monoisotopic (exact) mass is 296 g/mol. The Morgan fingerprint density at radius 3 is 2.71 bits per heavy atom. The second kappa shape index (κ2) is 11.5. The lowest BCUT2D eigenvalue weighted by atomic mass is 10.2. The molecule has 0 spiro atoms. The van der Waals surface area contributed by atoms with Crippen LogP contribution in [0, 0.1) is 0 Å². The first-order chi connectivity index (χ1) is 10.3. The number of hydrogen-bond donors (Lipinski definition) is 1. The number of rotatable bonds is 12. The van der Waals surface area contributed by atoms with Crippen molar-refractivity contribution in [1.82, 2.24) is 10.3 Å². The molecule has 1 aromatic heterocycles. The molecule has 0 aliphatic heterocycles. The van der Waals surface area contributed by atoms with Crippen LogP contribution in [0.15, 0.2) is 18.3 Å². The lowest BCUT2D eigenvalue weighted by Gasteiger charge is -2.13. The Balaban J connectivity index is 2.19. The second-order valence-electron chi connectivity index (χ2n) is 4.90. The summed E-state index contributed by atoms with van der Waals surface area (Å²) in [7, 11) is 1.67. The Kier molecular flexibility index (Phi) is 9.78. The van der Waals surface area contributed by atoms with Crippen LogP contribution in [-0.2, 0) is 9.47 Å². The summed E-state index contributed by atoms with van der Waals surface area (Å²) in [6, 6.07) is 4.25. The Hall–Kier alpha value is -1.17. The van der Waals surface area contributed by atoms with E-state index in [1.807, 2.05) is 12.1 Å². The molecule has 120 valence electrons. The number of nitrogens with one attached hydrogen (secondary N) is 1. The molecule has 5 heteroatoms. The molecule has 0 aliphatic carbocycles. The SMILES string of the molecule is CCCNC(C)c1ccc(OCCCOCCOC)cn1. The van der Waals surface area contributed by atoms with Gasteiger partial charge in [-0.05, 0) is 32.0 Å². The van der Waals surface area contributed by atoms with Crippen LogP contribution in [-0.4, -0.2) is 45.1 Å². The first-order valence-corrected chi connectivity index (χ1v) is 7.66. The molecule has 0 amide bonds. The minimum Gasteiger partial charge on any atom is -0.492 e. The standard InChI is InChI=1S/C16H28N2O3/c1-4-8-17-14(2)16-7-6-15(13-18-16)21-10-5-9-20-12-11-19-3/h6-7,13-14,17H,4-5,8-12H2,1-3H3. The van der Waals surface area contributed by atoms with Gasteiger partial charge in [0.2, 0.25) is 0 Å². The van der Waals surface area contributed by atoms with Crippen LogP contribution in [0.4, 0.5) is 0 Å². The summed E-state index contributed by atoms with van der Waals surface area (Å²) in [5, 5.41) is 3.41. The summed E-state index contributed by atoms with van der Waals surface area (Å²) >= 11 is 0. The zero-order valence-corrected chi connectivity index (χ0v) is 13.4. The highest BCUT2D eigenvalue weighted by Gasteiger charge is 2.05. The normalized spacial score (nSPS) is 12.3. The van der Waals surface area contributed by atoms with Gasteiger partial charge in [-0.1, -0.05) is 6.92 Å². The van der Waals surface area contributed by atoms with Crippen molar-refractivity contribution < 1.29 is 14.2 Å². The van der Waals surface area contributed by atoms with E-state index in [9.17, 15) is 0 Å². The van der Waals surface area contributed by atoms with Gasteiger partial charge in [0.25, 0.3) is 0 Å². The molecule has 0 bridgehead atoms. The molecule has 1 aromatic rings. The van der Waals surface area contributed by atoms with Gasteiger partial charge < -0.3 is 19.5 Å². The molecule has 0 radical (unpaired) electrons. The molecule has 21 heavy (non-hydrogen) atoms. The minimum atomic E-state index is 0.271. The number of pyridine rings is 1. The maximum Gasteiger partial charge on any atom is 0.137 e. The summed E-state index contributed by atoms with van der Waals surface area (Å²) in [6.07, 6.45) is 3.77. The summed E-state index contributed by atoms with van der Waals surface area (Å²) < 4.78 is 15.9. The predicted octanol–water partition coefficient (Wildman–Crippen LogP) is 2.57. The Morgan fingerprint density at radius 1 is 1.19 bits per heavy atom. The van der Waals surface area contributed by atoms with Crippen LogP contribution in [0.1, 0.15) is 38.4 Å². The van der Waals surface area contributed by atoms with Gasteiger partial charge in [0.05, 0.1) is 31.7 Å². The van der Waals surface area contributed by atoms with Crippen molar-refractivity contribution in [2.75, 3.05) is 40.1 Å². The molecule has 1 atom stereocenters. The quantitative estimate of drug-likeness (QED) is 0.601. The highest BCUT2D eigenvalue weighted by Crippen LogP contribution is 2.14. The molecule has 5 nitrogen and oxygen atoms in total. The van der Waals surface area contributed by atoms with Gasteiger partial charge in [0.1, 0.15) is 5.75 Å². The van der Waals surface area contributed by atoms with E-state index in [-0.39, 0.29) is 6.04 Å². The van der Waals surface area contributed by atoms with Crippen LogP contribution in [0.3, 0.4) is 0 Å². The summed E-state index contributed by atoms with van der Waals surface area (Å²) in [4.78, 5) is 4.44. The highest BCUT2D eigenvalue weighted by atomic mass is 16.5. The minimum absolute atomic E-state index is 0.271. The van der Waals surface area contributed by atoms with E-state index in [2.05, 4.69) is 24.1 Å². The summed E-state index contributed by atoms with van der Waals surface area (Å²) in [5.41, 5.74) is 1.04. The topological polar surface area (TPSA) is 52.6 Å². The molecule has 0 saturated heterocycles. The van der Waals surface area contributed by atoms with Gasteiger partial charge in [0, 0.05) is 26.2 Å². The van der Waals surface area contributed by atoms with Crippen molar-refractivity contribution in [1.29, 1.82) is 0 Å². The van der Waals surface area contributed by atoms with E-state index in [0.717, 1.165) is 30.8 Å². The van der Waals surface area contributed by atoms with Crippen LogP contribution >= 0.6 is 0 Å². The van der Waals surface area contributed by atoms with Gasteiger partial charge in [-0.25, -0.2) is 0 Å². The number of methoxy groups -OCH3 is 1. The lowest BCUT2D eigenvalue weighted by Crippen LogP contribution is -2.20. The van der Waals surface area contributed by atoms with E-state index in [1.54, 1.807) is 13.3 Å².